The minimum absolute atomic E-state index is 0.186. The molecule has 0 saturated heterocycles. The van der Waals surface area contributed by atoms with Gasteiger partial charge >= 0.3 is 5.97 Å². The first kappa shape index (κ1) is 13.5. The highest BCUT2D eigenvalue weighted by Gasteiger charge is 2.35. The summed E-state index contributed by atoms with van der Waals surface area (Å²) >= 11 is 0. The minimum Gasteiger partial charge on any atom is -0.481 e. The van der Waals surface area contributed by atoms with Crippen LogP contribution in [-0.2, 0) is 4.79 Å². The molecule has 2 nitrogen and oxygen atoms in total. The summed E-state index contributed by atoms with van der Waals surface area (Å²) in [6.07, 6.45) is 1.45. The summed E-state index contributed by atoms with van der Waals surface area (Å²) in [5.74, 6) is -0.250. The Morgan fingerprint density at radius 1 is 1.29 bits per heavy atom. The molecule has 0 aliphatic carbocycles. The van der Waals surface area contributed by atoms with Crippen molar-refractivity contribution in [2.45, 2.75) is 54.4 Å². The Hall–Kier alpha value is -0.530. The zero-order chi connectivity index (χ0) is 11.6. The summed E-state index contributed by atoms with van der Waals surface area (Å²) in [4.78, 5) is 11.1. The lowest BCUT2D eigenvalue weighted by Gasteiger charge is -2.34. The SMILES string of the molecule is CCC(C)(CC(C)C(C)(C)C)C(=O)O. The third-order valence-electron chi connectivity index (χ3n) is 3.53. The predicted molar refractivity (Wildman–Crippen MR) is 59.3 cm³/mol. The molecule has 0 aliphatic rings. The first-order valence-electron chi connectivity index (χ1n) is 5.37. The number of hydrogen-bond donors (Lipinski definition) is 1. The Bertz CT molecular complexity index is 203. The minimum atomic E-state index is -0.670. The summed E-state index contributed by atoms with van der Waals surface area (Å²) in [5, 5.41) is 9.15. The lowest BCUT2D eigenvalue weighted by atomic mass is 9.71. The quantitative estimate of drug-likeness (QED) is 0.753. The number of carboxylic acids is 1. The molecule has 0 aromatic carbocycles. The van der Waals surface area contributed by atoms with Gasteiger partial charge in [-0.2, -0.15) is 0 Å². The molecule has 0 spiro atoms. The van der Waals surface area contributed by atoms with E-state index < -0.39 is 11.4 Å². The molecule has 0 amide bonds. The fourth-order valence-electron chi connectivity index (χ4n) is 1.36. The van der Waals surface area contributed by atoms with Gasteiger partial charge in [0, 0.05) is 0 Å². The van der Waals surface area contributed by atoms with Crippen molar-refractivity contribution >= 4 is 5.97 Å². The standard InChI is InChI=1S/C12H24O2/c1-7-12(6,10(13)14)8-9(2)11(3,4)5/h9H,7-8H2,1-6H3,(H,13,14). The number of rotatable bonds is 4. The number of aliphatic carboxylic acids is 1. The molecule has 0 aliphatic heterocycles. The van der Waals surface area contributed by atoms with Gasteiger partial charge in [0.2, 0.25) is 0 Å². The molecule has 14 heavy (non-hydrogen) atoms. The fraction of sp³-hybridized carbons (Fsp3) is 0.917. The van der Waals surface area contributed by atoms with Gasteiger partial charge in [0.15, 0.2) is 0 Å². The van der Waals surface area contributed by atoms with Crippen LogP contribution in [0.2, 0.25) is 0 Å². The summed E-state index contributed by atoms with van der Waals surface area (Å²) in [6.45, 7) is 12.4. The maximum atomic E-state index is 11.1. The third-order valence-corrected chi connectivity index (χ3v) is 3.53. The van der Waals surface area contributed by atoms with Gasteiger partial charge in [0.25, 0.3) is 0 Å². The van der Waals surface area contributed by atoms with E-state index in [9.17, 15) is 4.79 Å². The lowest BCUT2D eigenvalue weighted by molar-refractivity contribution is -0.149. The van der Waals surface area contributed by atoms with Crippen LogP contribution in [0.1, 0.15) is 54.4 Å². The molecule has 0 fully saturated rings. The second-order valence-electron chi connectivity index (χ2n) is 5.69. The van der Waals surface area contributed by atoms with Crippen molar-refractivity contribution in [3.8, 4) is 0 Å². The highest BCUT2D eigenvalue weighted by Crippen LogP contribution is 2.37. The Labute approximate surface area is 87.7 Å². The second kappa shape index (κ2) is 4.33. The molecule has 1 N–H and O–H groups in total. The molecule has 2 atom stereocenters. The first-order chi connectivity index (χ1) is 6.13. The monoisotopic (exact) mass is 200 g/mol. The van der Waals surface area contributed by atoms with Crippen LogP contribution in [0, 0.1) is 16.7 Å². The van der Waals surface area contributed by atoms with Crippen LogP contribution in [0.3, 0.4) is 0 Å². The molecule has 2 heteroatoms. The zero-order valence-corrected chi connectivity index (χ0v) is 10.3. The molecular weight excluding hydrogens is 176 g/mol. The van der Waals surface area contributed by atoms with Crippen molar-refractivity contribution in [2.24, 2.45) is 16.7 Å². The van der Waals surface area contributed by atoms with Crippen molar-refractivity contribution in [2.75, 3.05) is 0 Å². The molecular formula is C12H24O2. The average molecular weight is 200 g/mol. The van der Waals surface area contributed by atoms with E-state index in [1.807, 2.05) is 13.8 Å². The molecule has 0 rings (SSSR count). The van der Waals surface area contributed by atoms with Gasteiger partial charge in [-0.25, -0.2) is 0 Å². The van der Waals surface area contributed by atoms with E-state index in [0.717, 1.165) is 6.42 Å². The highest BCUT2D eigenvalue weighted by molar-refractivity contribution is 5.74. The van der Waals surface area contributed by atoms with Crippen LogP contribution in [0.5, 0.6) is 0 Å². The van der Waals surface area contributed by atoms with E-state index >= 15 is 0 Å². The molecule has 0 aromatic rings. The molecule has 2 unspecified atom stereocenters. The van der Waals surface area contributed by atoms with E-state index in [4.69, 9.17) is 5.11 Å². The molecule has 84 valence electrons. The Balaban J connectivity index is 4.56. The molecule has 0 saturated carbocycles. The zero-order valence-electron chi connectivity index (χ0n) is 10.3. The van der Waals surface area contributed by atoms with Crippen molar-refractivity contribution in [1.29, 1.82) is 0 Å². The van der Waals surface area contributed by atoms with Crippen LogP contribution >= 0.6 is 0 Å². The van der Waals surface area contributed by atoms with Gasteiger partial charge in [0.1, 0.15) is 0 Å². The summed E-state index contributed by atoms with van der Waals surface area (Å²) in [7, 11) is 0. The molecule has 0 radical (unpaired) electrons. The van der Waals surface area contributed by atoms with Crippen LogP contribution in [-0.4, -0.2) is 11.1 Å². The third kappa shape index (κ3) is 3.32. The van der Waals surface area contributed by atoms with Crippen molar-refractivity contribution in [3.63, 3.8) is 0 Å². The number of carbonyl (C=O) groups is 1. The lowest BCUT2D eigenvalue weighted by Crippen LogP contribution is -2.32. The van der Waals surface area contributed by atoms with Gasteiger partial charge in [-0.05, 0) is 31.1 Å². The maximum Gasteiger partial charge on any atom is 0.309 e. The molecule has 0 heterocycles. The second-order valence-corrected chi connectivity index (χ2v) is 5.69. The van der Waals surface area contributed by atoms with Gasteiger partial charge < -0.3 is 5.11 Å². The largest absolute Gasteiger partial charge is 0.481 e. The summed E-state index contributed by atoms with van der Waals surface area (Å²) in [5.41, 5.74) is -0.376. The van der Waals surface area contributed by atoms with Crippen molar-refractivity contribution in [3.05, 3.63) is 0 Å². The highest BCUT2D eigenvalue weighted by atomic mass is 16.4. The smallest absolute Gasteiger partial charge is 0.309 e. The maximum absolute atomic E-state index is 11.1. The van der Waals surface area contributed by atoms with E-state index in [2.05, 4.69) is 27.7 Å². The van der Waals surface area contributed by atoms with Crippen LogP contribution in [0.15, 0.2) is 0 Å². The van der Waals surface area contributed by atoms with Gasteiger partial charge in [-0.15, -0.1) is 0 Å². The van der Waals surface area contributed by atoms with Crippen molar-refractivity contribution < 1.29 is 9.90 Å². The first-order valence-corrected chi connectivity index (χ1v) is 5.37. The van der Waals surface area contributed by atoms with Gasteiger partial charge in [-0.3, -0.25) is 4.79 Å². The summed E-state index contributed by atoms with van der Waals surface area (Å²) in [6, 6.07) is 0. The van der Waals surface area contributed by atoms with Crippen molar-refractivity contribution in [1.82, 2.24) is 0 Å². The van der Waals surface area contributed by atoms with Crippen LogP contribution < -0.4 is 0 Å². The summed E-state index contributed by atoms with van der Waals surface area (Å²) < 4.78 is 0. The predicted octanol–water partition coefficient (Wildman–Crippen LogP) is 3.56. The van der Waals surface area contributed by atoms with Crippen LogP contribution in [0.4, 0.5) is 0 Å². The average Bonchev–Trinajstić information content (AvgIpc) is 2.02. The Morgan fingerprint density at radius 3 is 1.93 bits per heavy atom. The van der Waals surface area contributed by atoms with Gasteiger partial charge in [0.05, 0.1) is 5.41 Å². The Kier molecular flexibility index (Phi) is 4.16. The normalized spacial score (nSPS) is 18.7. The fourth-order valence-corrected chi connectivity index (χ4v) is 1.36. The molecule has 0 aromatic heterocycles. The Morgan fingerprint density at radius 2 is 1.71 bits per heavy atom. The van der Waals surface area contributed by atoms with E-state index in [1.54, 1.807) is 0 Å². The van der Waals surface area contributed by atoms with E-state index in [0.29, 0.717) is 12.3 Å². The number of carboxylic acid groups (broad SMARTS) is 1. The van der Waals surface area contributed by atoms with E-state index in [-0.39, 0.29) is 5.41 Å². The number of hydrogen-bond acceptors (Lipinski definition) is 1. The van der Waals surface area contributed by atoms with Crippen LogP contribution in [0.25, 0.3) is 0 Å². The van der Waals surface area contributed by atoms with E-state index in [1.165, 1.54) is 0 Å². The topological polar surface area (TPSA) is 37.3 Å². The molecule has 0 bridgehead atoms. The van der Waals surface area contributed by atoms with Gasteiger partial charge in [-0.1, -0.05) is 34.6 Å².